The van der Waals surface area contributed by atoms with Gasteiger partial charge in [0.15, 0.2) is 0 Å². The van der Waals surface area contributed by atoms with E-state index in [1.807, 2.05) is 19.1 Å². The Balaban J connectivity index is 2.96. The molecule has 1 aromatic rings. The van der Waals surface area contributed by atoms with E-state index in [0.29, 0.717) is 0 Å². The van der Waals surface area contributed by atoms with Gasteiger partial charge in [0.25, 0.3) is 0 Å². The Morgan fingerprint density at radius 3 is 2.50 bits per heavy atom. The molecule has 0 aromatic heterocycles. The van der Waals surface area contributed by atoms with E-state index < -0.39 is 0 Å². The van der Waals surface area contributed by atoms with Crippen molar-refractivity contribution in [2.45, 2.75) is 19.2 Å². The lowest BCUT2D eigenvalue weighted by Gasteiger charge is -2.02. The van der Waals surface area contributed by atoms with Crippen LogP contribution in [0.15, 0.2) is 24.3 Å². The molecule has 1 heteroatoms. The number of aryl methyl sites for hydroxylation is 1. The lowest BCUT2D eigenvalue weighted by Crippen LogP contribution is -1.83. The Kier molecular flexibility index (Phi) is 2.34. The summed E-state index contributed by atoms with van der Waals surface area (Å²) in [7, 11) is 0. The summed E-state index contributed by atoms with van der Waals surface area (Å²) < 4.78 is 0. The standard InChI is InChI=1S/C9H11Cl/c1-7-4-3-5-9(6-7)8(2)10/h3-6,8H,1-2H3/t8-/m1/s1. The van der Waals surface area contributed by atoms with Crippen LogP contribution in [0, 0.1) is 6.92 Å². The van der Waals surface area contributed by atoms with Crippen molar-refractivity contribution < 1.29 is 0 Å². The molecule has 0 bridgehead atoms. The van der Waals surface area contributed by atoms with Crippen LogP contribution in [0.4, 0.5) is 0 Å². The third kappa shape index (κ3) is 1.74. The first-order valence-corrected chi connectivity index (χ1v) is 3.84. The minimum absolute atomic E-state index is 0.125. The van der Waals surface area contributed by atoms with E-state index in [1.165, 1.54) is 11.1 Å². The van der Waals surface area contributed by atoms with Gasteiger partial charge in [-0.2, -0.15) is 0 Å². The van der Waals surface area contributed by atoms with Crippen LogP contribution in [0.5, 0.6) is 0 Å². The summed E-state index contributed by atoms with van der Waals surface area (Å²) in [5.74, 6) is 0. The van der Waals surface area contributed by atoms with Crippen LogP contribution in [0.3, 0.4) is 0 Å². The molecule has 0 radical (unpaired) electrons. The van der Waals surface area contributed by atoms with Gasteiger partial charge in [0.2, 0.25) is 0 Å². The van der Waals surface area contributed by atoms with Crippen molar-refractivity contribution in [3.05, 3.63) is 35.4 Å². The van der Waals surface area contributed by atoms with Gasteiger partial charge in [-0.25, -0.2) is 0 Å². The fourth-order valence-corrected chi connectivity index (χ4v) is 1.05. The second-order valence-corrected chi connectivity index (χ2v) is 3.18. The molecule has 0 saturated carbocycles. The van der Waals surface area contributed by atoms with Gasteiger partial charge in [-0.15, -0.1) is 11.6 Å². The molecule has 1 atom stereocenters. The van der Waals surface area contributed by atoms with E-state index in [2.05, 4.69) is 19.1 Å². The Hall–Kier alpha value is -0.490. The molecule has 0 aliphatic carbocycles. The van der Waals surface area contributed by atoms with Crippen molar-refractivity contribution in [1.82, 2.24) is 0 Å². The second kappa shape index (κ2) is 3.07. The third-order valence-electron chi connectivity index (χ3n) is 1.50. The predicted molar refractivity (Wildman–Crippen MR) is 45.4 cm³/mol. The topological polar surface area (TPSA) is 0 Å². The molecule has 0 N–H and O–H groups in total. The Labute approximate surface area is 66.8 Å². The zero-order valence-electron chi connectivity index (χ0n) is 6.26. The molecule has 0 aliphatic heterocycles. The van der Waals surface area contributed by atoms with E-state index >= 15 is 0 Å². The fourth-order valence-electron chi connectivity index (χ4n) is 0.918. The highest BCUT2D eigenvalue weighted by atomic mass is 35.5. The van der Waals surface area contributed by atoms with Crippen molar-refractivity contribution in [2.24, 2.45) is 0 Å². The summed E-state index contributed by atoms with van der Waals surface area (Å²) in [5.41, 5.74) is 2.46. The average molecular weight is 155 g/mol. The van der Waals surface area contributed by atoms with Gasteiger partial charge in [-0.1, -0.05) is 29.8 Å². The predicted octanol–water partition coefficient (Wildman–Crippen LogP) is 3.29. The van der Waals surface area contributed by atoms with Crippen LogP contribution in [-0.4, -0.2) is 0 Å². The van der Waals surface area contributed by atoms with Crippen LogP contribution >= 0.6 is 11.6 Å². The quantitative estimate of drug-likeness (QED) is 0.545. The zero-order chi connectivity index (χ0) is 7.56. The van der Waals surface area contributed by atoms with Crippen molar-refractivity contribution in [3.63, 3.8) is 0 Å². The van der Waals surface area contributed by atoms with Crippen LogP contribution in [0.25, 0.3) is 0 Å². The SMILES string of the molecule is Cc1cccc([C@@H](C)Cl)c1. The molecule has 0 aliphatic rings. The van der Waals surface area contributed by atoms with Crippen molar-refractivity contribution in [3.8, 4) is 0 Å². The molecule has 0 spiro atoms. The summed E-state index contributed by atoms with van der Waals surface area (Å²) >= 11 is 5.88. The summed E-state index contributed by atoms with van der Waals surface area (Å²) in [4.78, 5) is 0. The molecular weight excluding hydrogens is 144 g/mol. The number of alkyl halides is 1. The third-order valence-corrected chi connectivity index (χ3v) is 1.75. The average Bonchev–Trinajstić information content (AvgIpc) is 1.88. The van der Waals surface area contributed by atoms with Gasteiger partial charge < -0.3 is 0 Å². The molecule has 0 amide bonds. The number of halogens is 1. The highest BCUT2D eigenvalue weighted by Gasteiger charge is 1.98. The molecule has 0 heterocycles. The zero-order valence-corrected chi connectivity index (χ0v) is 7.02. The van der Waals surface area contributed by atoms with E-state index in [4.69, 9.17) is 11.6 Å². The van der Waals surface area contributed by atoms with Gasteiger partial charge in [0.05, 0.1) is 5.38 Å². The number of hydrogen-bond acceptors (Lipinski definition) is 0. The van der Waals surface area contributed by atoms with E-state index in [9.17, 15) is 0 Å². The first kappa shape index (κ1) is 7.62. The summed E-state index contributed by atoms with van der Waals surface area (Å²) in [5, 5.41) is 0.125. The molecule has 1 aromatic carbocycles. The summed E-state index contributed by atoms with van der Waals surface area (Å²) in [6.07, 6.45) is 0. The minimum Gasteiger partial charge on any atom is -0.118 e. The Morgan fingerprint density at radius 1 is 1.40 bits per heavy atom. The van der Waals surface area contributed by atoms with Crippen molar-refractivity contribution in [2.75, 3.05) is 0 Å². The second-order valence-electron chi connectivity index (χ2n) is 2.53. The molecule has 0 saturated heterocycles. The molecule has 0 fully saturated rings. The molecule has 54 valence electrons. The van der Waals surface area contributed by atoms with Crippen molar-refractivity contribution >= 4 is 11.6 Å². The number of benzene rings is 1. The smallest absolute Gasteiger partial charge is 0.0557 e. The van der Waals surface area contributed by atoms with E-state index in [-0.39, 0.29) is 5.38 Å². The summed E-state index contributed by atoms with van der Waals surface area (Å²) in [6, 6.07) is 8.26. The normalized spacial score (nSPS) is 13.1. The van der Waals surface area contributed by atoms with Crippen molar-refractivity contribution in [1.29, 1.82) is 0 Å². The monoisotopic (exact) mass is 154 g/mol. The van der Waals surface area contributed by atoms with Crippen LogP contribution in [0.2, 0.25) is 0 Å². The maximum Gasteiger partial charge on any atom is 0.0557 e. The maximum absolute atomic E-state index is 5.88. The lowest BCUT2D eigenvalue weighted by molar-refractivity contribution is 1.08. The van der Waals surface area contributed by atoms with Gasteiger partial charge in [-0.3, -0.25) is 0 Å². The highest BCUT2D eigenvalue weighted by molar-refractivity contribution is 6.20. The number of rotatable bonds is 1. The first-order valence-electron chi connectivity index (χ1n) is 3.41. The van der Waals surface area contributed by atoms with Crippen LogP contribution in [-0.2, 0) is 0 Å². The maximum atomic E-state index is 5.88. The first-order chi connectivity index (χ1) is 4.70. The molecule has 10 heavy (non-hydrogen) atoms. The lowest BCUT2D eigenvalue weighted by atomic mass is 10.1. The van der Waals surface area contributed by atoms with Crippen LogP contribution in [0.1, 0.15) is 23.4 Å². The Morgan fingerprint density at radius 2 is 2.10 bits per heavy atom. The fraction of sp³-hybridized carbons (Fsp3) is 0.333. The van der Waals surface area contributed by atoms with Gasteiger partial charge >= 0.3 is 0 Å². The van der Waals surface area contributed by atoms with Gasteiger partial charge in [0, 0.05) is 0 Å². The molecular formula is C9H11Cl. The van der Waals surface area contributed by atoms with Gasteiger partial charge in [0.1, 0.15) is 0 Å². The molecule has 1 rings (SSSR count). The van der Waals surface area contributed by atoms with E-state index in [1.54, 1.807) is 0 Å². The largest absolute Gasteiger partial charge is 0.118 e. The minimum atomic E-state index is 0.125. The summed E-state index contributed by atoms with van der Waals surface area (Å²) in [6.45, 7) is 4.05. The number of hydrogen-bond donors (Lipinski definition) is 0. The Bertz CT molecular complexity index is 216. The highest BCUT2D eigenvalue weighted by Crippen LogP contribution is 2.19. The van der Waals surface area contributed by atoms with Crippen LogP contribution < -0.4 is 0 Å². The van der Waals surface area contributed by atoms with E-state index in [0.717, 1.165) is 0 Å². The molecule has 0 unspecified atom stereocenters. The van der Waals surface area contributed by atoms with Gasteiger partial charge in [-0.05, 0) is 19.4 Å². The molecule has 0 nitrogen and oxygen atoms in total.